The van der Waals surface area contributed by atoms with E-state index in [1.165, 1.54) is 5.56 Å². The zero-order chi connectivity index (χ0) is 12.3. The van der Waals surface area contributed by atoms with Crippen molar-refractivity contribution < 1.29 is 0 Å². The molecule has 0 atom stereocenters. The molecular formula is C14H17N3. The number of nitrogen functional groups attached to an aromatic ring is 2. The molecule has 0 aliphatic heterocycles. The number of hydrogen-bond donors (Lipinski definition) is 3. The summed E-state index contributed by atoms with van der Waals surface area (Å²) in [5, 5.41) is 3.32. The molecule has 0 unspecified atom stereocenters. The van der Waals surface area contributed by atoms with E-state index in [1.807, 2.05) is 18.2 Å². The van der Waals surface area contributed by atoms with Crippen LogP contribution < -0.4 is 16.8 Å². The molecule has 17 heavy (non-hydrogen) atoms. The van der Waals surface area contributed by atoms with Crippen molar-refractivity contribution in [3.05, 3.63) is 53.6 Å². The number of nitrogens with two attached hydrogens (primary N) is 2. The highest BCUT2D eigenvalue weighted by Gasteiger charge is 1.99. The quantitative estimate of drug-likeness (QED) is 0.706. The Labute approximate surface area is 101 Å². The fourth-order valence-electron chi connectivity index (χ4n) is 1.65. The van der Waals surface area contributed by atoms with E-state index in [0.29, 0.717) is 6.54 Å². The normalized spacial score (nSPS) is 10.2. The van der Waals surface area contributed by atoms with E-state index in [0.717, 1.165) is 22.6 Å². The maximum Gasteiger partial charge on any atom is 0.0421 e. The number of benzene rings is 2. The lowest BCUT2D eigenvalue weighted by atomic mass is 10.1. The lowest BCUT2D eigenvalue weighted by Crippen LogP contribution is -2.03. The minimum absolute atomic E-state index is 0.680. The van der Waals surface area contributed by atoms with Crippen LogP contribution in [0.25, 0.3) is 0 Å². The molecule has 2 rings (SSSR count). The molecular weight excluding hydrogens is 210 g/mol. The van der Waals surface area contributed by atoms with Crippen LogP contribution in [0.2, 0.25) is 0 Å². The largest absolute Gasteiger partial charge is 0.399 e. The summed E-state index contributed by atoms with van der Waals surface area (Å²) in [6.07, 6.45) is 0. The van der Waals surface area contributed by atoms with E-state index in [4.69, 9.17) is 11.5 Å². The van der Waals surface area contributed by atoms with Crippen LogP contribution in [0.3, 0.4) is 0 Å². The first-order valence-electron chi connectivity index (χ1n) is 5.59. The van der Waals surface area contributed by atoms with Crippen molar-refractivity contribution in [1.29, 1.82) is 0 Å². The van der Waals surface area contributed by atoms with Crippen LogP contribution >= 0.6 is 0 Å². The zero-order valence-electron chi connectivity index (χ0n) is 9.90. The van der Waals surface area contributed by atoms with Gasteiger partial charge in [0, 0.05) is 23.6 Å². The van der Waals surface area contributed by atoms with Crippen LogP contribution in [-0.4, -0.2) is 0 Å². The molecule has 2 aromatic carbocycles. The minimum atomic E-state index is 0.680. The summed E-state index contributed by atoms with van der Waals surface area (Å²) in [5.41, 5.74) is 16.5. The Balaban J connectivity index is 2.07. The summed E-state index contributed by atoms with van der Waals surface area (Å²) in [5.74, 6) is 0. The van der Waals surface area contributed by atoms with Gasteiger partial charge in [-0.2, -0.15) is 0 Å². The molecule has 3 nitrogen and oxygen atoms in total. The first-order chi connectivity index (χ1) is 8.15. The van der Waals surface area contributed by atoms with Crippen molar-refractivity contribution in [2.75, 3.05) is 16.8 Å². The smallest absolute Gasteiger partial charge is 0.0421 e. The average molecular weight is 227 g/mol. The Bertz CT molecular complexity index is 503. The molecule has 88 valence electrons. The molecule has 0 saturated heterocycles. The Morgan fingerprint density at radius 2 is 1.71 bits per heavy atom. The Kier molecular flexibility index (Phi) is 3.19. The van der Waals surface area contributed by atoms with E-state index < -0.39 is 0 Å². The molecule has 0 fully saturated rings. The molecule has 5 N–H and O–H groups in total. The maximum atomic E-state index is 5.88. The summed E-state index contributed by atoms with van der Waals surface area (Å²) in [6, 6.07) is 13.8. The predicted octanol–water partition coefficient (Wildman–Crippen LogP) is 2.77. The van der Waals surface area contributed by atoms with Crippen molar-refractivity contribution in [2.45, 2.75) is 13.5 Å². The highest BCUT2D eigenvalue weighted by atomic mass is 14.9. The third-order valence-electron chi connectivity index (χ3n) is 2.70. The van der Waals surface area contributed by atoms with E-state index in [1.54, 1.807) is 0 Å². The van der Waals surface area contributed by atoms with Crippen LogP contribution in [0, 0.1) is 6.92 Å². The number of anilines is 3. The topological polar surface area (TPSA) is 64.1 Å². The van der Waals surface area contributed by atoms with Crippen LogP contribution in [-0.2, 0) is 6.54 Å². The molecule has 0 heterocycles. The highest BCUT2D eigenvalue weighted by Crippen LogP contribution is 2.17. The Hall–Kier alpha value is -2.16. The van der Waals surface area contributed by atoms with Crippen LogP contribution in [0.1, 0.15) is 11.1 Å². The molecule has 0 saturated carbocycles. The van der Waals surface area contributed by atoms with E-state index in [-0.39, 0.29) is 0 Å². The average Bonchev–Trinajstić information content (AvgIpc) is 2.32. The summed E-state index contributed by atoms with van der Waals surface area (Å²) in [7, 11) is 0. The molecule has 0 bridgehead atoms. The number of rotatable bonds is 3. The van der Waals surface area contributed by atoms with E-state index in [9.17, 15) is 0 Å². The molecule has 0 aliphatic carbocycles. The van der Waals surface area contributed by atoms with E-state index in [2.05, 4.69) is 36.5 Å². The standard InChI is InChI=1S/C14H17N3/c1-10-2-5-13(6-3-10)17-9-11-8-12(15)4-7-14(11)16/h2-8,17H,9,15-16H2,1H3. The Morgan fingerprint density at radius 3 is 2.41 bits per heavy atom. The molecule has 0 aliphatic rings. The van der Waals surface area contributed by atoms with Crippen molar-refractivity contribution in [3.63, 3.8) is 0 Å². The third kappa shape index (κ3) is 2.91. The van der Waals surface area contributed by atoms with Gasteiger partial charge in [0.05, 0.1) is 0 Å². The number of hydrogen-bond acceptors (Lipinski definition) is 3. The van der Waals surface area contributed by atoms with Gasteiger partial charge in [-0.05, 0) is 42.8 Å². The predicted molar refractivity (Wildman–Crippen MR) is 73.8 cm³/mol. The van der Waals surface area contributed by atoms with Gasteiger partial charge >= 0.3 is 0 Å². The maximum absolute atomic E-state index is 5.88. The first kappa shape index (κ1) is 11.3. The highest BCUT2D eigenvalue weighted by molar-refractivity contribution is 5.56. The second-order valence-electron chi connectivity index (χ2n) is 4.18. The van der Waals surface area contributed by atoms with Crippen LogP contribution in [0.5, 0.6) is 0 Å². The number of nitrogens with one attached hydrogen (secondary N) is 1. The van der Waals surface area contributed by atoms with Gasteiger partial charge in [0.25, 0.3) is 0 Å². The fraction of sp³-hybridized carbons (Fsp3) is 0.143. The van der Waals surface area contributed by atoms with Gasteiger partial charge in [0.15, 0.2) is 0 Å². The van der Waals surface area contributed by atoms with Crippen molar-refractivity contribution >= 4 is 17.1 Å². The molecule has 0 amide bonds. The second kappa shape index (κ2) is 4.78. The zero-order valence-corrected chi connectivity index (χ0v) is 9.90. The molecule has 0 radical (unpaired) electrons. The van der Waals surface area contributed by atoms with E-state index >= 15 is 0 Å². The van der Waals surface area contributed by atoms with Crippen molar-refractivity contribution in [2.24, 2.45) is 0 Å². The summed E-state index contributed by atoms with van der Waals surface area (Å²) < 4.78 is 0. The van der Waals surface area contributed by atoms with Gasteiger partial charge in [-0.1, -0.05) is 17.7 Å². The van der Waals surface area contributed by atoms with Crippen molar-refractivity contribution in [3.8, 4) is 0 Å². The number of aryl methyl sites for hydroxylation is 1. The SMILES string of the molecule is Cc1ccc(NCc2cc(N)ccc2N)cc1. The second-order valence-corrected chi connectivity index (χ2v) is 4.18. The van der Waals surface area contributed by atoms with Crippen molar-refractivity contribution in [1.82, 2.24) is 0 Å². The van der Waals surface area contributed by atoms with Gasteiger partial charge in [-0.15, -0.1) is 0 Å². The van der Waals surface area contributed by atoms with Gasteiger partial charge in [0.2, 0.25) is 0 Å². The molecule has 2 aromatic rings. The first-order valence-corrected chi connectivity index (χ1v) is 5.59. The summed E-state index contributed by atoms with van der Waals surface area (Å²) in [4.78, 5) is 0. The minimum Gasteiger partial charge on any atom is -0.399 e. The fourth-order valence-corrected chi connectivity index (χ4v) is 1.65. The third-order valence-corrected chi connectivity index (χ3v) is 2.70. The van der Waals surface area contributed by atoms with Crippen LogP contribution in [0.15, 0.2) is 42.5 Å². The monoisotopic (exact) mass is 227 g/mol. The van der Waals surface area contributed by atoms with Gasteiger partial charge < -0.3 is 16.8 Å². The van der Waals surface area contributed by atoms with Gasteiger partial charge in [0.1, 0.15) is 0 Å². The van der Waals surface area contributed by atoms with Gasteiger partial charge in [-0.25, -0.2) is 0 Å². The lowest BCUT2D eigenvalue weighted by molar-refractivity contribution is 1.15. The molecule has 3 heteroatoms. The Morgan fingerprint density at radius 1 is 1.00 bits per heavy atom. The van der Waals surface area contributed by atoms with Gasteiger partial charge in [-0.3, -0.25) is 0 Å². The lowest BCUT2D eigenvalue weighted by Gasteiger charge is -2.09. The summed E-state index contributed by atoms with van der Waals surface area (Å²) in [6.45, 7) is 2.75. The van der Waals surface area contributed by atoms with Crippen LogP contribution in [0.4, 0.5) is 17.1 Å². The summed E-state index contributed by atoms with van der Waals surface area (Å²) >= 11 is 0. The molecule has 0 spiro atoms. The molecule has 0 aromatic heterocycles.